The Labute approximate surface area is 186 Å². The average molecular weight is 443 g/mol. The molecule has 1 saturated heterocycles. The normalized spacial score (nSPS) is 22.6. The summed E-state index contributed by atoms with van der Waals surface area (Å²) in [4.78, 5) is 17.8. The smallest absolute Gasteiger partial charge is 0.230 e. The molecule has 9 nitrogen and oxygen atoms in total. The van der Waals surface area contributed by atoms with Crippen molar-refractivity contribution in [1.82, 2.24) is 29.6 Å². The minimum atomic E-state index is 0.411. The van der Waals surface area contributed by atoms with Crippen LogP contribution in [0.1, 0.15) is 37.6 Å². The van der Waals surface area contributed by atoms with Crippen LogP contribution < -0.4 is 10.6 Å². The first-order valence-electron chi connectivity index (χ1n) is 11.2. The maximum atomic E-state index is 5.51. The van der Waals surface area contributed by atoms with Crippen LogP contribution in [0.15, 0.2) is 12.4 Å². The quantitative estimate of drug-likeness (QED) is 0.601. The van der Waals surface area contributed by atoms with Gasteiger partial charge in [0, 0.05) is 38.4 Å². The van der Waals surface area contributed by atoms with Crippen LogP contribution in [0.3, 0.4) is 0 Å². The van der Waals surface area contributed by atoms with Crippen molar-refractivity contribution >= 4 is 39.1 Å². The van der Waals surface area contributed by atoms with Crippen LogP contribution in [-0.4, -0.2) is 68.0 Å². The third-order valence-electron chi connectivity index (χ3n) is 6.17. The standard InChI is InChI=1S/C21H30N8OS/c1-3-17-25-18-19(23-14-4-6-16(7-5-14)29-8-10-30-11-9-29)26-21(27-20(18)31-17)24-15-12-22-28(2)13-15/h12-14,16H,3-11H2,1-2H3,(H2,23,24,26,27). The largest absolute Gasteiger partial charge is 0.379 e. The van der Waals surface area contributed by atoms with Crippen LogP contribution in [0.2, 0.25) is 0 Å². The molecule has 31 heavy (non-hydrogen) atoms. The predicted molar refractivity (Wildman–Crippen MR) is 123 cm³/mol. The lowest BCUT2D eigenvalue weighted by molar-refractivity contribution is 0.00791. The number of hydrogen-bond acceptors (Lipinski definition) is 9. The van der Waals surface area contributed by atoms with Crippen LogP contribution >= 0.6 is 11.3 Å². The summed E-state index contributed by atoms with van der Waals surface area (Å²) in [5.41, 5.74) is 1.76. The Kier molecular flexibility index (Phi) is 6.02. The average Bonchev–Trinajstić information content (AvgIpc) is 3.40. The minimum Gasteiger partial charge on any atom is -0.379 e. The van der Waals surface area contributed by atoms with Gasteiger partial charge in [-0.25, -0.2) is 4.98 Å². The molecule has 0 aromatic carbocycles. The van der Waals surface area contributed by atoms with E-state index in [2.05, 4.69) is 27.6 Å². The number of nitrogens with zero attached hydrogens (tertiary/aromatic N) is 6. The van der Waals surface area contributed by atoms with Crippen molar-refractivity contribution in [3.05, 3.63) is 17.4 Å². The molecule has 0 unspecified atom stereocenters. The predicted octanol–water partition coefficient (Wildman–Crippen LogP) is 3.18. The molecule has 166 valence electrons. The Morgan fingerprint density at radius 2 is 1.94 bits per heavy atom. The molecule has 0 bridgehead atoms. The van der Waals surface area contributed by atoms with Crippen LogP contribution in [-0.2, 0) is 18.2 Å². The van der Waals surface area contributed by atoms with Gasteiger partial charge < -0.3 is 15.4 Å². The minimum absolute atomic E-state index is 0.411. The number of anilines is 3. The molecule has 1 aliphatic carbocycles. The molecule has 10 heteroatoms. The van der Waals surface area contributed by atoms with Gasteiger partial charge in [-0.15, -0.1) is 0 Å². The maximum Gasteiger partial charge on any atom is 0.230 e. The van der Waals surface area contributed by atoms with E-state index < -0.39 is 0 Å². The molecule has 3 aromatic rings. The van der Waals surface area contributed by atoms with E-state index in [9.17, 15) is 0 Å². The zero-order valence-corrected chi connectivity index (χ0v) is 19.0. The summed E-state index contributed by atoms with van der Waals surface area (Å²) in [6.45, 7) is 6.00. The van der Waals surface area contributed by atoms with Crippen molar-refractivity contribution in [3.8, 4) is 0 Å². The van der Waals surface area contributed by atoms with Crippen molar-refractivity contribution in [2.45, 2.75) is 51.1 Å². The third-order valence-corrected chi connectivity index (χ3v) is 7.26. The second-order valence-corrected chi connectivity index (χ2v) is 9.40. The lowest BCUT2D eigenvalue weighted by Gasteiger charge is -2.39. The van der Waals surface area contributed by atoms with Gasteiger partial charge >= 0.3 is 0 Å². The van der Waals surface area contributed by atoms with E-state index in [1.165, 1.54) is 12.8 Å². The number of aryl methyl sites for hydroxylation is 2. The van der Waals surface area contributed by atoms with Crippen molar-refractivity contribution in [2.75, 3.05) is 36.9 Å². The zero-order chi connectivity index (χ0) is 21.2. The van der Waals surface area contributed by atoms with Crippen LogP contribution in [0, 0.1) is 0 Å². The lowest BCUT2D eigenvalue weighted by atomic mass is 9.90. The van der Waals surface area contributed by atoms with Crippen molar-refractivity contribution < 1.29 is 4.74 Å². The molecule has 2 N–H and O–H groups in total. The molecule has 0 radical (unpaired) electrons. The highest BCUT2D eigenvalue weighted by molar-refractivity contribution is 7.18. The Balaban J connectivity index is 1.32. The highest BCUT2D eigenvalue weighted by atomic mass is 32.1. The fourth-order valence-electron chi connectivity index (χ4n) is 4.51. The topological polar surface area (TPSA) is 93.0 Å². The van der Waals surface area contributed by atoms with Gasteiger partial charge in [0.15, 0.2) is 10.6 Å². The molecule has 3 aromatic heterocycles. The highest BCUT2D eigenvalue weighted by Crippen LogP contribution is 2.31. The van der Waals surface area contributed by atoms with Crippen molar-refractivity contribution in [2.24, 2.45) is 7.05 Å². The zero-order valence-electron chi connectivity index (χ0n) is 18.2. The van der Waals surface area contributed by atoms with Gasteiger partial charge in [-0.05, 0) is 32.1 Å². The number of aromatic nitrogens is 5. The van der Waals surface area contributed by atoms with Gasteiger partial charge in [0.1, 0.15) is 5.52 Å². The van der Waals surface area contributed by atoms with Gasteiger partial charge in [0.2, 0.25) is 5.95 Å². The number of thiazole rings is 1. The second kappa shape index (κ2) is 9.05. The van der Waals surface area contributed by atoms with Crippen molar-refractivity contribution in [1.29, 1.82) is 0 Å². The first-order valence-corrected chi connectivity index (χ1v) is 12.0. The Morgan fingerprint density at radius 1 is 1.13 bits per heavy atom. The molecule has 0 atom stereocenters. The van der Waals surface area contributed by atoms with Gasteiger partial charge in [-0.3, -0.25) is 9.58 Å². The summed E-state index contributed by atoms with van der Waals surface area (Å²) in [5, 5.41) is 12.3. The molecule has 0 spiro atoms. The summed E-state index contributed by atoms with van der Waals surface area (Å²) >= 11 is 1.64. The van der Waals surface area contributed by atoms with E-state index in [0.29, 0.717) is 18.0 Å². The van der Waals surface area contributed by atoms with Gasteiger partial charge in [-0.2, -0.15) is 15.1 Å². The van der Waals surface area contributed by atoms with E-state index >= 15 is 0 Å². The Hall–Kier alpha value is -2.30. The fraction of sp³-hybridized carbons (Fsp3) is 0.619. The SMILES string of the molecule is CCc1nc2c(NC3CCC(N4CCOCC4)CC3)nc(Nc3cnn(C)c3)nc2s1. The van der Waals surface area contributed by atoms with Gasteiger partial charge in [0.25, 0.3) is 0 Å². The molecule has 1 saturated carbocycles. The summed E-state index contributed by atoms with van der Waals surface area (Å²) in [7, 11) is 1.90. The molecule has 2 aliphatic rings. The Morgan fingerprint density at radius 3 is 2.65 bits per heavy atom. The van der Waals surface area contributed by atoms with E-state index in [1.807, 2.05) is 13.2 Å². The fourth-order valence-corrected chi connectivity index (χ4v) is 5.38. The number of fused-ring (bicyclic) bond motifs is 1. The van der Waals surface area contributed by atoms with Crippen LogP contribution in [0.5, 0.6) is 0 Å². The van der Waals surface area contributed by atoms with E-state index in [4.69, 9.17) is 19.7 Å². The molecular weight excluding hydrogens is 412 g/mol. The molecular formula is C21H30N8OS. The molecule has 1 aliphatic heterocycles. The number of rotatable bonds is 6. The molecule has 5 rings (SSSR count). The number of morpholine rings is 1. The second-order valence-electron chi connectivity index (χ2n) is 8.34. The summed E-state index contributed by atoms with van der Waals surface area (Å²) in [6.07, 6.45) is 9.30. The van der Waals surface area contributed by atoms with Crippen LogP contribution in [0.4, 0.5) is 17.5 Å². The Bertz CT molecular complexity index is 1020. The van der Waals surface area contributed by atoms with Gasteiger partial charge in [0.05, 0.1) is 30.1 Å². The molecule has 4 heterocycles. The first-order chi connectivity index (χ1) is 15.2. The summed E-state index contributed by atoms with van der Waals surface area (Å²) in [6, 6.07) is 1.09. The monoisotopic (exact) mass is 442 g/mol. The summed E-state index contributed by atoms with van der Waals surface area (Å²) in [5.74, 6) is 1.42. The number of ether oxygens (including phenoxy) is 1. The van der Waals surface area contributed by atoms with Gasteiger partial charge in [-0.1, -0.05) is 18.3 Å². The van der Waals surface area contributed by atoms with E-state index in [-0.39, 0.29) is 0 Å². The molecule has 2 fully saturated rings. The van der Waals surface area contributed by atoms with E-state index in [1.54, 1.807) is 22.2 Å². The third kappa shape index (κ3) is 4.65. The maximum absolute atomic E-state index is 5.51. The first kappa shape index (κ1) is 20.6. The highest BCUT2D eigenvalue weighted by Gasteiger charge is 2.27. The van der Waals surface area contributed by atoms with Crippen LogP contribution in [0.25, 0.3) is 10.3 Å². The lowest BCUT2D eigenvalue weighted by Crippen LogP contribution is -2.46. The van der Waals surface area contributed by atoms with Crippen molar-refractivity contribution in [3.63, 3.8) is 0 Å². The van der Waals surface area contributed by atoms with E-state index in [0.717, 1.165) is 72.4 Å². The summed E-state index contributed by atoms with van der Waals surface area (Å²) < 4.78 is 7.27. The number of nitrogens with one attached hydrogen (secondary N) is 2. The molecule has 0 amide bonds. The number of hydrogen-bond donors (Lipinski definition) is 2.